The van der Waals surface area contributed by atoms with Crippen LogP contribution in [-0.4, -0.2) is 6.21 Å². The van der Waals surface area contributed by atoms with Crippen LogP contribution in [0.4, 0.5) is 0 Å². The minimum absolute atomic E-state index is 0.692. The molecule has 0 aliphatic heterocycles. The van der Waals surface area contributed by atoms with Gasteiger partial charge in [-0.3, -0.25) is 0 Å². The molecule has 2 nitrogen and oxygen atoms in total. The van der Waals surface area contributed by atoms with E-state index in [0.29, 0.717) is 6.54 Å². The minimum Gasteiger partial charge on any atom is -0.306 e. The number of nitrogens with zero attached hydrogens (tertiary/aromatic N) is 1. The summed E-state index contributed by atoms with van der Waals surface area (Å²) in [4.78, 5) is 0. The number of hydrazone groups is 1. The van der Waals surface area contributed by atoms with E-state index in [4.69, 9.17) is 11.6 Å². The Bertz CT molecular complexity index is 520. The quantitative estimate of drug-likeness (QED) is 0.490. The molecule has 0 amide bonds. The first-order valence-corrected chi connectivity index (χ1v) is 6.96. The molecule has 0 saturated heterocycles. The first-order chi connectivity index (χ1) is 8.74. The minimum atomic E-state index is 0.692. The molecular formula is C14H12ClIN2. The molecule has 4 heteroatoms. The highest BCUT2D eigenvalue weighted by Crippen LogP contribution is 2.09. The third-order valence-electron chi connectivity index (χ3n) is 2.37. The van der Waals surface area contributed by atoms with Gasteiger partial charge in [-0.1, -0.05) is 35.9 Å². The van der Waals surface area contributed by atoms with E-state index in [2.05, 4.69) is 45.3 Å². The second kappa shape index (κ2) is 6.75. The Morgan fingerprint density at radius 2 is 1.72 bits per heavy atom. The molecular weight excluding hydrogens is 359 g/mol. The van der Waals surface area contributed by atoms with E-state index >= 15 is 0 Å². The van der Waals surface area contributed by atoms with Gasteiger partial charge in [-0.2, -0.15) is 5.10 Å². The van der Waals surface area contributed by atoms with Gasteiger partial charge in [-0.15, -0.1) is 0 Å². The van der Waals surface area contributed by atoms with Crippen molar-refractivity contribution in [1.29, 1.82) is 0 Å². The molecule has 0 spiro atoms. The Hall–Kier alpha value is -1.07. The lowest BCUT2D eigenvalue weighted by molar-refractivity contribution is 0.748. The van der Waals surface area contributed by atoms with Gasteiger partial charge in [0.25, 0.3) is 0 Å². The first-order valence-electron chi connectivity index (χ1n) is 5.50. The van der Waals surface area contributed by atoms with E-state index in [0.717, 1.165) is 16.1 Å². The first kappa shape index (κ1) is 13.4. The van der Waals surface area contributed by atoms with Crippen molar-refractivity contribution in [1.82, 2.24) is 5.43 Å². The Labute approximate surface area is 125 Å². The molecule has 18 heavy (non-hydrogen) atoms. The van der Waals surface area contributed by atoms with Crippen molar-refractivity contribution in [2.24, 2.45) is 5.10 Å². The Balaban J connectivity index is 1.84. The highest BCUT2D eigenvalue weighted by atomic mass is 127. The normalized spacial score (nSPS) is 10.8. The maximum Gasteiger partial charge on any atom is 0.0580 e. The monoisotopic (exact) mass is 370 g/mol. The van der Waals surface area contributed by atoms with Crippen LogP contribution in [0.1, 0.15) is 11.1 Å². The van der Waals surface area contributed by atoms with Crippen LogP contribution < -0.4 is 5.43 Å². The Kier molecular flexibility index (Phi) is 5.01. The summed E-state index contributed by atoms with van der Waals surface area (Å²) in [5.41, 5.74) is 5.24. The molecule has 0 aromatic heterocycles. The molecule has 0 radical (unpaired) electrons. The van der Waals surface area contributed by atoms with Crippen LogP contribution in [0.25, 0.3) is 0 Å². The fraction of sp³-hybridized carbons (Fsp3) is 0.0714. The fourth-order valence-electron chi connectivity index (χ4n) is 1.41. The van der Waals surface area contributed by atoms with Gasteiger partial charge in [0, 0.05) is 8.59 Å². The molecule has 1 N–H and O–H groups in total. The largest absolute Gasteiger partial charge is 0.306 e. The van der Waals surface area contributed by atoms with Crippen LogP contribution in [0.15, 0.2) is 53.6 Å². The van der Waals surface area contributed by atoms with Gasteiger partial charge in [0.1, 0.15) is 0 Å². The number of nitrogens with one attached hydrogen (secondary N) is 1. The number of hydrogen-bond acceptors (Lipinski definition) is 2. The van der Waals surface area contributed by atoms with E-state index in [1.54, 1.807) is 0 Å². The van der Waals surface area contributed by atoms with Gasteiger partial charge in [0.05, 0.1) is 12.8 Å². The van der Waals surface area contributed by atoms with Crippen LogP contribution in [0.5, 0.6) is 0 Å². The van der Waals surface area contributed by atoms with E-state index in [1.807, 2.05) is 42.6 Å². The molecule has 92 valence electrons. The lowest BCUT2D eigenvalue weighted by Gasteiger charge is -2.00. The molecule has 2 aromatic rings. The summed E-state index contributed by atoms with van der Waals surface area (Å²) in [7, 11) is 0. The highest BCUT2D eigenvalue weighted by molar-refractivity contribution is 14.1. The number of hydrogen-bond donors (Lipinski definition) is 1. The third-order valence-corrected chi connectivity index (χ3v) is 3.34. The molecule has 0 heterocycles. The fourth-order valence-corrected chi connectivity index (χ4v) is 1.89. The van der Waals surface area contributed by atoms with Crippen molar-refractivity contribution in [3.05, 3.63) is 68.3 Å². The Morgan fingerprint density at radius 3 is 2.39 bits per heavy atom. The van der Waals surface area contributed by atoms with E-state index in [-0.39, 0.29) is 0 Å². The summed E-state index contributed by atoms with van der Waals surface area (Å²) < 4.78 is 1.22. The predicted molar refractivity (Wildman–Crippen MR) is 85.0 cm³/mol. The van der Waals surface area contributed by atoms with Gasteiger partial charge < -0.3 is 5.43 Å². The van der Waals surface area contributed by atoms with Crippen LogP contribution >= 0.6 is 34.2 Å². The summed E-state index contributed by atoms with van der Waals surface area (Å²) in [6, 6.07) is 15.9. The molecule has 0 fully saturated rings. The molecule has 0 aliphatic carbocycles. The summed E-state index contributed by atoms with van der Waals surface area (Å²) in [5, 5.41) is 4.93. The van der Waals surface area contributed by atoms with Gasteiger partial charge in [0.2, 0.25) is 0 Å². The van der Waals surface area contributed by atoms with Crippen LogP contribution in [0.2, 0.25) is 5.02 Å². The average Bonchev–Trinajstić information content (AvgIpc) is 2.39. The van der Waals surface area contributed by atoms with Gasteiger partial charge in [-0.25, -0.2) is 0 Å². The van der Waals surface area contributed by atoms with Crippen molar-refractivity contribution in [3.8, 4) is 0 Å². The third kappa shape index (κ3) is 4.31. The molecule has 0 aliphatic rings. The zero-order valence-corrected chi connectivity index (χ0v) is 12.5. The van der Waals surface area contributed by atoms with Crippen molar-refractivity contribution in [3.63, 3.8) is 0 Å². The second-order valence-corrected chi connectivity index (χ2v) is 5.45. The number of rotatable bonds is 4. The Morgan fingerprint density at radius 1 is 1.06 bits per heavy atom. The average molecular weight is 371 g/mol. The van der Waals surface area contributed by atoms with Crippen molar-refractivity contribution in [2.75, 3.05) is 0 Å². The number of halogens is 2. The van der Waals surface area contributed by atoms with Crippen LogP contribution in [-0.2, 0) is 6.54 Å². The molecule has 0 unspecified atom stereocenters. The topological polar surface area (TPSA) is 24.4 Å². The second-order valence-electron chi connectivity index (χ2n) is 3.77. The smallest absolute Gasteiger partial charge is 0.0580 e. The summed E-state index contributed by atoms with van der Waals surface area (Å²) >= 11 is 8.10. The maximum absolute atomic E-state index is 5.82. The van der Waals surface area contributed by atoms with Gasteiger partial charge >= 0.3 is 0 Å². The molecule has 0 bridgehead atoms. The lowest BCUT2D eigenvalue weighted by atomic mass is 10.2. The van der Waals surface area contributed by atoms with E-state index in [9.17, 15) is 0 Å². The van der Waals surface area contributed by atoms with Crippen molar-refractivity contribution >= 4 is 40.4 Å². The standard InChI is InChI=1S/C14H12ClIN2/c15-13-5-1-11(2-6-13)9-17-18-10-12-3-7-14(16)8-4-12/h1-8,10,17H,9H2/b18-10-. The van der Waals surface area contributed by atoms with E-state index in [1.165, 1.54) is 3.57 Å². The van der Waals surface area contributed by atoms with Crippen molar-refractivity contribution in [2.45, 2.75) is 6.54 Å². The molecule has 2 rings (SSSR count). The SMILES string of the molecule is Clc1ccc(CN/N=C\c2ccc(I)cc2)cc1. The lowest BCUT2D eigenvalue weighted by Crippen LogP contribution is -2.05. The van der Waals surface area contributed by atoms with Gasteiger partial charge in [0.15, 0.2) is 0 Å². The molecule has 0 saturated carbocycles. The summed E-state index contributed by atoms with van der Waals surface area (Å²) in [5.74, 6) is 0. The zero-order valence-electron chi connectivity index (χ0n) is 9.61. The number of benzene rings is 2. The van der Waals surface area contributed by atoms with Crippen LogP contribution in [0.3, 0.4) is 0 Å². The van der Waals surface area contributed by atoms with E-state index < -0.39 is 0 Å². The highest BCUT2D eigenvalue weighted by Gasteiger charge is 1.91. The predicted octanol–water partition coefficient (Wildman–Crippen LogP) is 4.07. The zero-order chi connectivity index (χ0) is 12.8. The molecule has 0 atom stereocenters. The van der Waals surface area contributed by atoms with Gasteiger partial charge in [-0.05, 0) is 58.0 Å². The molecule has 2 aromatic carbocycles. The summed E-state index contributed by atoms with van der Waals surface area (Å²) in [6.07, 6.45) is 1.81. The maximum atomic E-state index is 5.82. The van der Waals surface area contributed by atoms with Crippen molar-refractivity contribution < 1.29 is 0 Å². The van der Waals surface area contributed by atoms with Crippen LogP contribution in [0, 0.1) is 3.57 Å². The summed E-state index contributed by atoms with van der Waals surface area (Å²) in [6.45, 7) is 0.692.